The van der Waals surface area contributed by atoms with Gasteiger partial charge < -0.3 is 10.5 Å². The lowest BCUT2D eigenvalue weighted by Gasteiger charge is -2.11. The van der Waals surface area contributed by atoms with Crippen molar-refractivity contribution in [3.8, 4) is 0 Å². The molecule has 0 saturated carbocycles. The van der Waals surface area contributed by atoms with Crippen LogP contribution < -0.4 is 5.73 Å². The van der Waals surface area contributed by atoms with E-state index in [2.05, 4.69) is 4.98 Å². The highest BCUT2D eigenvalue weighted by Gasteiger charge is 2.19. The van der Waals surface area contributed by atoms with E-state index in [1.807, 2.05) is 22.6 Å². The number of hydrogen-bond donors (Lipinski definition) is 1. The first-order valence-electron chi connectivity index (χ1n) is 5.31. The zero-order valence-corrected chi connectivity index (χ0v) is 11.9. The summed E-state index contributed by atoms with van der Waals surface area (Å²) < 4.78 is 31.1. The Hall–Kier alpha value is -0.830. The van der Waals surface area contributed by atoms with Gasteiger partial charge in [-0.1, -0.05) is 0 Å². The Bertz CT molecular complexity index is 441. The predicted molar refractivity (Wildman–Crippen MR) is 70.1 cm³/mol. The summed E-state index contributed by atoms with van der Waals surface area (Å²) in [6, 6.07) is 1.51. The van der Waals surface area contributed by atoms with Crippen LogP contribution in [0.25, 0.3) is 0 Å². The maximum atomic E-state index is 12.9. The number of aromatic nitrogens is 1. The monoisotopic (exact) mass is 370 g/mol. The van der Waals surface area contributed by atoms with E-state index in [9.17, 15) is 13.6 Å². The fourth-order valence-electron chi connectivity index (χ4n) is 1.42. The molecule has 0 saturated heterocycles. The number of halogens is 3. The summed E-state index contributed by atoms with van der Waals surface area (Å²) in [5, 5.41) is 0. The molecule has 0 aliphatic carbocycles. The van der Waals surface area contributed by atoms with Crippen LogP contribution in [-0.2, 0) is 22.5 Å². The molecule has 100 valence electrons. The fraction of sp³-hybridized carbons (Fsp3) is 0.455. The predicted octanol–water partition coefficient (Wildman–Crippen LogP) is 2.19. The molecule has 4 nitrogen and oxygen atoms in total. The normalized spacial score (nSPS) is 10.8. The van der Waals surface area contributed by atoms with E-state index in [4.69, 9.17) is 10.5 Å². The molecule has 1 rings (SSSR count). The van der Waals surface area contributed by atoms with Gasteiger partial charge in [-0.25, -0.2) is 13.8 Å². The maximum Gasteiger partial charge on any atom is 0.310 e. The van der Waals surface area contributed by atoms with Crippen molar-refractivity contribution in [2.24, 2.45) is 5.73 Å². The highest BCUT2D eigenvalue weighted by molar-refractivity contribution is 14.1. The van der Waals surface area contributed by atoms with Gasteiger partial charge in [0.15, 0.2) is 0 Å². The van der Waals surface area contributed by atoms with E-state index in [0.717, 1.165) is 0 Å². The van der Waals surface area contributed by atoms with Gasteiger partial charge in [-0.3, -0.25) is 4.79 Å². The van der Waals surface area contributed by atoms with Crippen LogP contribution in [0, 0.1) is 3.57 Å². The van der Waals surface area contributed by atoms with Gasteiger partial charge in [0.05, 0.1) is 18.7 Å². The number of nitrogens with two attached hydrogens (primary N) is 1. The Balaban J connectivity index is 3.09. The zero-order valence-electron chi connectivity index (χ0n) is 9.75. The summed E-state index contributed by atoms with van der Waals surface area (Å²) in [7, 11) is 0. The standard InChI is InChI=1S/C11H13F2IN2O2/c1-2-18-9(17)4-6-3-7(14)8(5-15)16-10(6)11(12)13/h3,11H,2,4-5,15H2,1H3. The molecule has 0 aliphatic rings. The van der Waals surface area contributed by atoms with Crippen molar-refractivity contribution in [2.75, 3.05) is 6.61 Å². The average molecular weight is 370 g/mol. The number of alkyl halides is 2. The van der Waals surface area contributed by atoms with Crippen molar-refractivity contribution in [3.63, 3.8) is 0 Å². The fourth-order valence-corrected chi connectivity index (χ4v) is 2.14. The van der Waals surface area contributed by atoms with Gasteiger partial charge in [0.25, 0.3) is 6.43 Å². The maximum absolute atomic E-state index is 12.9. The van der Waals surface area contributed by atoms with E-state index in [1.54, 1.807) is 6.92 Å². The smallest absolute Gasteiger partial charge is 0.310 e. The second-order valence-electron chi connectivity index (χ2n) is 3.45. The minimum absolute atomic E-state index is 0.0810. The second kappa shape index (κ2) is 6.93. The van der Waals surface area contributed by atoms with Gasteiger partial charge in [0, 0.05) is 10.1 Å². The molecule has 2 N–H and O–H groups in total. The molecule has 0 aromatic carbocycles. The third kappa shape index (κ3) is 3.84. The Labute approximate surface area is 117 Å². The molecule has 0 atom stereocenters. The van der Waals surface area contributed by atoms with Crippen molar-refractivity contribution < 1.29 is 18.3 Å². The SMILES string of the molecule is CCOC(=O)Cc1cc(I)c(CN)nc1C(F)F. The van der Waals surface area contributed by atoms with Crippen molar-refractivity contribution in [3.05, 3.63) is 26.6 Å². The number of esters is 1. The highest BCUT2D eigenvalue weighted by Crippen LogP contribution is 2.24. The topological polar surface area (TPSA) is 65.2 Å². The average Bonchev–Trinajstić information content (AvgIpc) is 2.29. The largest absolute Gasteiger partial charge is 0.466 e. The molecule has 0 aliphatic heterocycles. The van der Waals surface area contributed by atoms with Crippen LogP contribution in [0.15, 0.2) is 6.07 Å². The number of carbonyl (C=O) groups is 1. The summed E-state index contributed by atoms with van der Waals surface area (Å²) in [6.45, 7) is 1.96. The van der Waals surface area contributed by atoms with Gasteiger partial charge in [-0.05, 0) is 41.1 Å². The van der Waals surface area contributed by atoms with Crippen LogP contribution in [0.1, 0.15) is 30.3 Å². The van der Waals surface area contributed by atoms with Crippen LogP contribution in [0.2, 0.25) is 0 Å². The lowest BCUT2D eigenvalue weighted by atomic mass is 10.1. The second-order valence-corrected chi connectivity index (χ2v) is 4.61. The van der Waals surface area contributed by atoms with E-state index in [1.165, 1.54) is 6.07 Å². The van der Waals surface area contributed by atoms with Crippen LogP contribution in [0.3, 0.4) is 0 Å². The van der Waals surface area contributed by atoms with Crippen LogP contribution in [-0.4, -0.2) is 17.6 Å². The number of nitrogens with zero attached hydrogens (tertiary/aromatic N) is 1. The molecule has 0 spiro atoms. The van der Waals surface area contributed by atoms with Gasteiger partial charge >= 0.3 is 5.97 Å². The minimum atomic E-state index is -2.74. The van der Waals surface area contributed by atoms with Crippen molar-refractivity contribution in [1.82, 2.24) is 4.98 Å². The molecule has 0 amide bonds. The third-order valence-electron chi connectivity index (χ3n) is 2.20. The molecule has 7 heteroatoms. The summed E-state index contributed by atoms with van der Waals surface area (Å²) in [5.41, 5.74) is 5.60. The molecule has 1 aromatic heterocycles. The molecule has 1 aromatic rings. The molecular weight excluding hydrogens is 357 g/mol. The molecule has 0 bridgehead atoms. The number of ether oxygens (including phenoxy) is 1. The molecule has 1 heterocycles. The third-order valence-corrected chi connectivity index (χ3v) is 3.14. The van der Waals surface area contributed by atoms with Crippen LogP contribution in [0.4, 0.5) is 8.78 Å². The Morgan fingerprint density at radius 1 is 1.61 bits per heavy atom. The molecule has 0 radical (unpaired) electrons. The van der Waals surface area contributed by atoms with Crippen molar-refractivity contribution in [1.29, 1.82) is 0 Å². The van der Waals surface area contributed by atoms with E-state index >= 15 is 0 Å². The van der Waals surface area contributed by atoms with Gasteiger partial charge in [-0.15, -0.1) is 0 Å². The number of pyridine rings is 1. The molecular formula is C11H13F2IN2O2. The van der Waals surface area contributed by atoms with Crippen molar-refractivity contribution in [2.45, 2.75) is 26.3 Å². The van der Waals surface area contributed by atoms with E-state index in [-0.39, 0.29) is 25.1 Å². The first-order chi connectivity index (χ1) is 8.49. The minimum Gasteiger partial charge on any atom is -0.466 e. The highest BCUT2D eigenvalue weighted by atomic mass is 127. The van der Waals surface area contributed by atoms with Gasteiger partial charge in [-0.2, -0.15) is 0 Å². The lowest BCUT2D eigenvalue weighted by Crippen LogP contribution is -2.13. The Morgan fingerprint density at radius 3 is 2.78 bits per heavy atom. The summed E-state index contributed by atoms with van der Waals surface area (Å²) >= 11 is 1.95. The summed E-state index contributed by atoms with van der Waals surface area (Å²) in [6.07, 6.45) is -2.95. The number of hydrogen-bond acceptors (Lipinski definition) is 4. The Morgan fingerprint density at radius 2 is 2.28 bits per heavy atom. The molecule has 0 fully saturated rings. The summed E-state index contributed by atoms with van der Waals surface area (Å²) in [5.74, 6) is -0.544. The number of carbonyl (C=O) groups excluding carboxylic acids is 1. The first-order valence-corrected chi connectivity index (χ1v) is 6.39. The molecule has 0 unspecified atom stereocenters. The first kappa shape index (κ1) is 15.2. The van der Waals surface area contributed by atoms with Gasteiger partial charge in [0.2, 0.25) is 0 Å². The Kier molecular flexibility index (Phi) is 5.86. The number of rotatable bonds is 5. The van der Waals surface area contributed by atoms with E-state index < -0.39 is 18.1 Å². The van der Waals surface area contributed by atoms with E-state index in [0.29, 0.717) is 9.26 Å². The molecule has 18 heavy (non-hydrogen) atoms. The van der Waals surface area contributed by atoms with Crippen LogP contribution in [0.5, 0.6) is 0 Å². The quantitative estimate of drug-likeness (QED) is 0.638. The van der Waals surface area contributed by atoms with Crippen molar-refractivity contribution >= 4 is 28.6 Å². The lowest BCUT2D eigenvalue weighted by molar-refractivity contribution is -0.142. The summed E-state index contributed by atoms with van der Waals surface area (Å²) in [4.78, 5) is 15.1. The van der Waals surface area contributed by atoms with Gasteiger partial charge in [0.1, 0.15) is 5.69 Å². The zero-order chi connectivity index (χ0) is 13.7. The van der Waals surface area contributed by atoms with Crippen LogP contribution >= 0.6 is 22.6 Å².